The van der Waals surface area contributed by atoms with Crippen molar-refractivity contribution in [1.82, 2.24) is 5.32 Å². The molecule has 2 aromatic rings. The summed E-state index contributed by atoms with van der Waals surface area (Å²) in [6.07, 6.45) is 0.624. The summed E-state index contributed by atoms with van der Waals surface area (Å²) in [4.78, 5) is 13.2. The van der Waals surface area contributed by atoms with Crippen LogP contribution in [0.15, 0.2) is 41.3 Å². The van der Waals surface area contributed by atoms with E-state index in [2.05, 4.69) is 26.1 Å². The fourth-order valence-electron chi connectivity index (χ4n) is 4.90. The van der Waals surface area contributed by atoms with Crippen molar-refractivity contribution >= 4 is 27.2 Å². The lowest BCUT2D eigenvalue weighted by molar-refractivity contribution is -0.118. The number of hydrogen-bond donors (Lipinski definition) is 1. The molecule has 1 aliphatic heterocycles. The average molecular weight is 519 g/mol. The Morgan fingerprint density at radius 3 is 2.17 bits per heavy atom. The molecule has 0 saturated carbocycles. The first-order valence-corrected chi connectivity index (χ1v) is 13.1. The van der Waals surface area contributed by atoms with Crippen molar-refractivity contribution < 1.29 is 27.1 Å². The maximum atomic E-state index is 14.6. The van der Waals surface area contributed by atoms with Crippen molar-refractivity contribution in [2.24, 2.45) is 5.41 Å². The number of amides is 1. The van der Waals surface area contributed by atoms with Crippen LogP contribution in [0.3, 0.4) is 0 Å². The Labute approximate surface area is 213 Å². The fraction of sp³-hybridized carbons (Fsp3) is 0.444. The number of allylic oxidation sites excluding steroid dienone is 1. The molecule has 3 rings (SSSR count). The van der Waals surface area contributed by atoms with Crippen molar-refractivity contribution in [3.05, 3.63) is 58.2 Å². The van der Waals surface area contributed by atoms with Crippen LogP contribution in [-0.4, -0.2) is 34.1 Å². The molecule has 0 aromatic heterocycles. The monoisotopic (exact) mass is 518 g/mol. The van der Waals surface area contributed by atoms with Crippen LogP contribution < -0.4 is 19.1 Å². The van der Waals surface area contributed by atoms with E-state index in [-0.39, 0.29) is 33.7 Å². The van der Waals surface area contributed by atoms with Crippen molar-refractivity contribution in [2.45, 2.75) is 60.0 Å². The molecular weight excluding hydrogens is 483 g/mol. The molecule has 1 heterocycles. The lowest BCUT2D eigenvalue weighted by Crippen LogP contribution is -2.49. The Bertz CT molecular complexity index is 1310. The van der Waals surface area contributed by atoms with Crippen LogP contribution in [0.2, 0.25) is 0 Å². The topological polar surface area (TPSA) is 84.9 Å². The summed E-state index contributed by atoms with van der Waals surface area (Å²) in [6.45, 7) is 11.2. The number of carbonyl (C=O) groups is 1. The van der Waals surface area contributed by atoms with Crippen LogP contribution >= 0.6 is 0 Å². The number of nitrogens with one attached hydrogen (secondary N) is 1. The Balaban J connectivity index is 2.21. The fourth-order valence-corrected chi connectivity index (χ4v) is 6.63. The van der Waals surface area contributed by atoms with Crippen LogP contribution in [0.4, 0.5) is 10.1 Å². The number of nitrogens with zero attached hydrogens (tertiary/aromatic N) is 1. The highest BCUT2D eigenvalue weighted by Gasteiger charge is 2.42. The second-order valence-corrected chi connectivity index (χ2v) is 12.7. The zero-order valence-electron chi connectivity index (χ0n) is 22.2. The summed E-state index contributed by atoms with van der Waals surface area (Å²) in [5.74, 6) is -0.551. The predicted octanol–water partition coefficient (Wildman–Crippen LogP) is 5.25. The predicted molar refractivity (Wildman–Crippen MR) is 140 cm³/mol. The first-order chi connectivity index (χ1) is 16.6. The molecule has 2 aromatic carbocycles. The number of halogens is 1. The number of rotatable bonds is 7. The van der Waals surface area contributed by atoms with Crippen LogP contribution in [0, 0.1) is 11.2 Å². The van der Waals surface area contributed by atoms with E-state index in [1.54, 1.807) is 19.1 Å². The Kier molecular flexibility index (Phi) is 7.46. The molecule has 1 aliphatic rings. The van der Waals surface area contributed by atoms with Gasteiger partial charge in [0.05, 0.1) is 26.5 Å². The minimum atomic E-state index is -4.36. The van der Waals surface area contributed by atoms with Gasteiger partial charge in [-0.05, 0) is 50.3 Å². The summed E-state index contributed by atoms with van der Waals surface area (Å²) < 4.78 is 54.4. The molecule has 7 nitrogen and oxygen atoms in total. The molecule has 0 atom stereocenters. The standard InChI is InChI=1S/C27H35FN2O5S/c1-17-19-13-22(34-7)23(35-8)14-21(19)30(15-18-11-9-10-12-20(18)28)36(32,33)24(17)25(31)29-27(5,6)16-26(2,3)4/h9-14H,15-16H2,1-8H3,(H,29,31). The summed E-state index contributed by atoms with van der Waals surface area (Å²) in [7, 11) is -1.44. The number of sulfonamides is 1. The zero-order valence-corrected chi connectivity index (χ0v) is 23.0. The third-order valence-electron chi connectivity index (χ3n) is 5.97. The molecule has 0 bridgehead atoms. The summed E-state index contributed by atoms with van der Waals surface area (Å²) in [5.41, 5.74) is 0.441. The molecule has 0 radical (unpaired) electrons. The number of fused-ring (bicyclic) bond motifs is 1. The van der Waals surface area contributed by atoms with E-state index < -0.39 is 27.3 Å². The first-order valence-electron chi connectivity index (χ1n) is 11.7. The van der Waals surface area contributed by atoms with Crippen molar-refractivity contribution in [3.8, 4) is 11.5 Å². The molecule has 1 amide bonds. The van der Waals surface area contributed by atoms with Gasteiger partial charge in [-0.2, -0.15) is 0 Å². The van der Waals surface area contributed by atoms with Gasteiger partial charge in [-0.25, -0.2) is 12.8 Å². The Morgan fingerprint density at radius 2 is 1.61 bits per heavy atom. The highest BCUT2D eigenvalue weighted by molar-refractivity contribution is 7.97. The van der Waals surface area contributed by atoms with E-state index in [0.717, 1.165) is 4.31 Å². The third kappa shape index (κ3) is 5.51. The SMILES string of the molecule is COc1cc2c(cc1OC)N(Cc1ccccc1F)S(=O)(=O)C(C(=O)NC(C)(C)CC(C)(C)C)=C2C. The van der Waals surface area contributed by atoms with E-state index in [4.69, 9.17) is 9.47 Å². The highest BCUT2D eigenvalue weighted by atomic mass is 32.2. The van der Waals surface area contributed by atoms with Crippen LogP contribution in [0.1, 0.15) is 59.1 Å². The van der Waals surface area contributed by atoms with Gasteiger partial charge in [-0.3, -0.25) is 9.10 Å². The van der Waals surface area contributed by atoms with E-state index in [9.17, 15) is 17.6 Å². The van der Waals surface area contributed by atoms with Gasteiger partial charge in [0.15, 0.2) is 16.4 Å². The second-order valence-electron chi connectivity index (χ2n) is 10.9. The molecule has 196 valence electrons. The number of anilines is 1. The number of benzene rings is 2. The number of methoxy groups -OCH3 is 2. The van der Waals surface area contributed by atoms with Gasteiger partial charge < -0.3 is 14.8 Å². The average Bonchev–Trinajstić information content (AvgIpc) is 2.74. The number of ether oxygens (including phenoxy) is 2. The summed E-state index contributed by atoms with van der Waals surface area (Å²) >= 11 is 0. The van der Waals surface area contributed by atoms with Gasteiger partial charge in [-0.1, -0.05) is 39.0 Å². The lowest BCUT2D eigenvalue weighted by Gasteiger charge is -2.36. The minimum absolute atomic E-state index is 0.0982. The number of hydrogen-bond acceptors (Lipinski definition) is 5. The van der Waals surface area contributed by atoms with Gasteiger partial charge >= 0.3 is 0 Å². The normalized spacial score (nSPS) is 15.4. The molecular formula is C27H35FN2O5S. The van der Waals surface area contributed by atoms with Gasteiger partial charge in [0, 0.05) is 22.7 Å². The van der Waals surface area contributed by atoms with E-state index in [0.29, 0.717) is 23.5 Å². The quantitative estimate of drug-likeness (QED) is 0.541. The van der Waals surface area contributed by atoms with Crippen molar-refractivity contribution in [2.75, 3.05) is 18.5 Å². The summed E-state index contributed by atoms with van der Waals surface area (Å²) in [5, 5.41) is 2.91. The molecule has 0 unspecified atom stereocenters. The third-order valence-corrected chi connectivity index (χ3v) is 7.88. The van der Waals surface area contributed by atoms with Crippen molar-refractivity contribution in [3.63, 3.8) is 0 Å². The minimum Gasteiger partial charge on any atom is -0.493 e. The maximum Gasteiger partial charge on any atom is 0.270 e. The van der Waals surface area contributed by atoms with Gasteiger partial charge in [0.1, 0.15) is 5.82 Å². The van der Waals surface area contributed by atoms with Crippen LogP contribution in [0.5, 0.6) is 11.5 Å². The smallest absolute Gasteiger partial charge is 0.270 e. The van der Waals surface area contributed by atoms with E-state index in [1.165, 1.54) is 38.5 Å². The Hall–Kier alpha value is -3.07. The molecule has 0 saturated heterocycles. The lowest BCUT2D eigenvalue weighted by atomic mass is 9.82. The largest absolute Gasteiger partial charge is 0.493 e. The molecule has 1 N–H and O–H groups in total. The van der Waals surface area contributed by atoms with Gasteiger partial charge in [-0.15, -0.1) is 0 Å². The van der Waals surface area contributed by atoms with E-state index >= 15 is 0 Å². The zero-order chi connectivity index (χ0) is 27.1. The van der Waals surface area contributed by atoms with Gasteiger partial charge in [0.2, 0.25) is 0 Å². The summed E-state index contributed by atoms with van der Waals surface area (Å²) in [6, 6.07) is 9.13. The second kappa shape index (κ2) is 9.76. The van der Waals surface area contributed by atoms with Gasteiger partial charge in [0.25, 0.3) is 15.9 Å². The van der Waals surface area contributed by atoms with Crippen molar-refractivity contribution in [1.29, 1.82) is 0 Å². The van der Waals surface area contributed by atoms with Crippen LogP contribution in [0.25, 0.3) is 5.57 Å². The highest BCUT2D eigenvalue weighted by Crippen LogP contribution is 2.45. The molecule has 0 spiro atoms. The Morgan fingerprint density at radius 1 is 1.03 bits per heavy atom. The maximum absolute atomic E-state index is 14.6. The molecule has 0 fully saturated rings. The number of carbonyl (C=O) groups excluding carboxylic acids is 1. The molecule has 0 aliphatic carbocycles. The van der Waals surface area contributed by atoms with E-state index in [1.807, 2.05) is 13.8 Å². The van der Waals surface area contributed by atoms with Crippen LogP contribution in [-0.2, 0) is 21.4 Å². The molecule has 36 heavy (non-hydrogen) atoms. The first kappa shape index (κ1) is 27.5. The molecule has 9 heteroatoms.